The van der Waals surface area contributed by atoms with E-state index in [0.29, 0.717) is 24.5 Å². The fraction of sp³-hybridized carbons (Fsp3) is 0.375. The highest BCUT2D eigenvalue weighted by Crippen LogP contribution is 2.31. The second-order valence-electron chi connectivity index (χ2n) is 8.17. The minimum atomic E-state index is 0.0363. The monoisotopic (exact) mass is 423 g/mol. The quantitative estimate of drug-likeness (QED) is 0.504. The van der Waals surface area contributed by atoms with E-state index in [1.165, 1.54) is 16.9 Å². The molecule has 1 amide bonds. The molecule has 6 heteroatoms. The number of hydrogen-bond donors (Lipinski definition) is 0. The van der Waals surface area contributed by atoms with Crippen LogP contribution in [0.4, 0.5) is 5.13 Å². The maximum Gasteiger partial charge on any atom is 0.229 e. The third-order valence-corrected chi connectivity index (χ3v) is 6.06. The summed E-state index contributed by atoms with van der Waals surface area (Å²) >= 11 is 1.45. The van der Waals surface area contributed by atoms with Gasteiger partial charge in [0.05, 0.1) is 7.11 Å². The fourth-order valence-electron chi connectivity index (χ4n) is 3.26. The topological polar surface area (TPSA) is 55.3 Å². The maximum atomic E-state index is 12.9. The molecular formula is C24H29N3O2S. The van der Waals surface area contributed by atoms with Crippen LogP contribution in [0.25, 0.3) is 10.6 Å². The SMILES string of the molecule is CCN(C(=O)CCc1ccccc1OC)c1nnc(-c2ccc(C(C)(C)C)cc2)s1. The van der Waals surface area contributed by atoms with Crippen LogP contribution >= 0.6 is 11.3 Å². The van der Waals surface area contributed by atoms with Crippen molar-refractivity contribution >= 4 is 22.4 Å². The Bertz CT molecular complexity index is 990. The molecule has 0 aliphatic heterocycles. The average Bonchev–Trinajstić information content (AvgIpc) is 3.22. The van der Waals surface area contributed by atoms with Crippen molar-refractivity contribution in [3.63, 3.8) is 0 Å². The number of aromatic nitrogens is 2. The minimum absolute atomic E-state index is 0.0363. The van der Waals surface area contributed by atoms with E-state index < -0.39 is 0 Å². The van der Waals surface area contributed by atoms with Gasteiger partial charge in [-0.05, 0) is 36.0 Å². The highest BCUT2D eigenvalue weighted by molar-refractivity contribution is 7.18. The molecule has 0 radical (unpaired) electrons. The third kappa shape index (κ3) is 5.05. The Morgan fingerprint density at radius 2 is 1.77 bits per heavy atom. The molecule has 0 fully saturated rings. The van der Waals surface area contributed by atoms with Gasteiger partial charge >= 0.3 is 0 Å². The molecule has 0 bridgehead atoms. The van der Waals surface area contributed by atoms with Gasteiger partial charge in [0.1, 0.15) is 10.8 Å². The first kappa shape index (κ1) is 22.0. The number of carbonyl (C=O) groups excluding carboxylic acids is 1. The van der Waals surface area contributed by atoms with E-state index in [4.69, 9.17) is 4.74 Å². The number of methoxy groups -OCH3 is 1. The van der Waals surface area contributed by atoms with Gasteiger partial charge in [-0.15, -0.1) is 10.2 Å². The Morgan fingerprint density at radius 3 is 2.40 bits per heavy atom. The van der Waals surface area contributed by atoms with Gasteiger partial charge in [0.25, 0.3) is 0 Å². The van der Waals surface area contributed by atoms with E-state index in [9.17, 15) is 4.79 Å². The summed E-state index contributed by atoms with van der Waals surface area (Å²) in [6, 6.07) is 16.2. The normalized spacial score (nSPS) is 11.4. The van der Waals surface area contributed by atoms with Crippen molar-refractivity contribution in [1.82, 2.24) is 10.2 Å². The van der Waals surface area contributed by atoms with Crippen LogP contribution in [-0.4, -0.2) is 29.8 Å². The first-order valence-electron chi connectivity index (χ1n) is 10.2. The number of ether oxygens (including phenoxy) is 1. The van der Waals surface area contributed by atoms with Gasteiger partial charge in [-0.1, -0.05) is 74.6 Å². The van der Waals surface area contributed by atoms with Gasteiger partial charge in [-0.2, -0.15) is 0 Å². The Labute approximate surface area is 182 Å². The van der Waals surface area contributed by atoms with Crippen molar-refractivity contribution in [3.8, 4) is 16.3 Å². The number of anilines is 1. The summed E-state index contributed by atoms with van der Waals surface area (Å²) in [4.78, 5) is 14.6. The zero-order valence-electron chi connectivity index (χ0n) is 18.3. The first-order valence-corrected chi connectivity index (χ1v) is 11.0. The van der Waals surface area contributed by atoms with Crippen molar-refractivity contribution < 1.29 is 9.53 Å². The molecule has 3 aromatic rings. The van der Waals surface area contributed by atoms with E-state index in [2.05, 4.69) is 55.2 Å². The number of nitrogens with zero attached hydrogens (tertiary/aromatic N) is 3. The molecule has 0 unspecified atom stereocenters. The highest BCUT2D eigenvalue weighted by atomic mass is 32.1. The fourth-order valence-corrected chi connectivity index (χ4v) is 4.19. The largest absolute Gasteiger partial charge is 0.496 e. The summed E-state index contributed by atoms with van der Waals surface area (Å²) in [7, 11) is 1.65. The minimum Gasteiger partial charge on any atom is -0.496 e. The van der Waals surface area contributed by atoms with E-state index in [1.54, 1.807) is 12.0 Å². The van der Waals surface area contributed by atoms with Crippen molar-refractivity contribution in [1.29, 1.82) is 0 Å². The molecule has 30 heavy (non-hydrogen) atoms. The molecule has 0 saturated carbocycles. The number of aryl methyl sites for hydroxylation is 1. The molecule has 0 aliphatic carbocycles. The Morgan fingerprint density at radius 1 is 1.07 bits per heavy atom. The van der Waals surface area contributed by atoms with E-state index in [-0.39, 0.29) is 11.3 Å². The summed E-state index contributed by atoms with van der Waals surface area (Å²) in [5, 5.41) is 10.1. The molecular weight excluding hydrogens is 394 g/mol. The van der Waals surface area contributed by atoms with Crippen molar-refractivity contribution in [3.05, 3.63) is 59.7 Å². The van der Waals surface area contributed by atoms with Gasteiger partial charge < -0.3 is 4.74 Å². The molecule has 1 aromatic heterocycles. The Kier molecular flexibility index (Phi) is 6.87. The van der Waals surface area contributed by atoms with Gasteiger partial charge in [-0.3, -0.25) is 9.69 Å². The van der Waals surface area contributed by atoms with Crippen molar-refractivity contribution in [2.75, 3.05) is 18.6 Å². The van der Waals surface area contributed by atoms with Crippen LogP contribution in [0.1, 0.15) is 45.2 Å². The van der Waals surface area contributed by atoms with E-state index >= 15 is 0 Å². The van der Waals surface area contributed by atoms with Crippen LogP contribution in [0, 0.1) is 0 Å². The van der Waals surface area contributed by atoms with Crippen LogP contribution in [0.5, 0.6) is 5.75 Å². The number of benzene rings is 2. The van der Waals surface area contributed by atoms with Gasteiger partial charge in [0.2, 0.25) is 11.0 Å². The van der Waals surface area contributed by atoms with Gasteiger partial charge in [0, 0.05) is 18.5 Å². The molecule has 0 aliphatic rings. The van der Waals surface area contributed by atoms with Crippen LogP contribution < -0.4 is 9.64 Å². The first-order chi connectivity index (χ1) is 14.3. The highest BCUT2D eigenvalue weighted by Gasteiger charge is 2.20. The molecule has 5 nitrogen and oxygen atoms in total. The zero-order chi connectivity index (χ0) is 21.7. The number of hydrogen-bond acceptors (Lipinski definition) is 5. The summed E-state index contributed by atoms with van der Waals surface area (Å²) < 4.78 is 5.39. The molecule has 0 N–H and O–H groups in total. The molecule has 2 aromatic carbocycles. The standard InChI is InChI=1S/C24H29N3O2S/c1-6-27(21(28)16-13-17-9-7-8-10-20(17)29-5)23-26-25-22(30-23)18-11-14-19(15-12-18)24(2,3)4/h7-12,14-15H,6,13,16H2,1-5H3. The number of amides is 1. The lowest BCUT2D eigenvalue weighted by Crippen LogP contribution is -2.30. The zero-order valence-corrected chi connectivity index (χ0v) is 19.1. The maximum absolute atomic E-state index is 12.9. The lowest BCUT2D eigenvalue weighted by Gasteiger charge is -2.18. The Hall–Kier alpha value is -2.73. The van der Waals surface area contributed by atoms with E-state index in [1.807, 2.05) is 31.2 Å². The number of para-hydroxylation sites is 1. The lowest BCUT2D eigenvalue weighted by atomic mass is 9.87. The Balaban J connectivity index is 1.71. The summed E-state index contributed by atoms with van der Waals surface area (Å²) in [5.41, 5.74) is 3.43. The summed E-state index contributed by atoms with van der Waals surface area (Å²) in [6.07, 6.45) is 1.02. The lowest BCUT2D eigenvalue weighted by molar-refractivity contribution is -0.118. The number of carbonyl (C=O) groups is 1. The summed E-state index contributed by atoms with van der Waals surface area (Å²) in [5.74, 6) is 0.847. The van der Waals surface area contributed by atoms with Gasteiger partial charge in [-0.25, -0.2) is 0 Å². The average molecular weight is 424 g/mol. The third-order valence-electron chi connectivity index (χ3n) is 5.06. The molecule has 0 atom stereocenters. The smallest absolute Gasteiger partial charge is 0.229 e. The molecule has 158 valence electrons. The van der Waals surface area contributed by atoms with Crippen LogP contribution in [-0.2, 0) is 16.6 Å². The summed E-state index contributed by atoms with van der Waals surface area (Å²) in [6.45, 7) is 9.10. The number of rotatable bonds is 7. The predicted octanol–water partition coefficient (Wildman–Crippen LogP) is 5.50. The van der Waals surface area contributed by atoms with Gasteiger partial charge in [0.15, 0.2) is 0 Å². The second-order valence-corrected chi connectivity index (χ2v) is 9.12. The molecule has 0 saturated heterocycles. The van der Waals surface area contributed by atoms with Crippen molar-refractivity contribution in [2.45, 2.75) is 46.0 Å². The van der Waals surface area contributed by atoms with Crippen molar-refractivity contribution in [2.24, 2.45) is 0 Å². The van der Waals surface area contributed by atoms with Crippen LogP contribution in [0.15, 0.2) is 48.5 Å². The molecule has 1 heterocycles. The molecule has 3 rings (SSSR count). The molecule has 0 spiro atoms. The van der Waals surface area contributed by atoms with Crippen LogP contribution in [0.3, 0.4) is 0 Å². The van der Waals surface area contributed by atoms with E-state index in [0.717, 1.165) is 21.9 Å². The predicted molar refractivity (Wildman–Crippen MR) is 123 cm³/mol. The van der Waals surface area contributed by atoms with Crippen LogP contribution in [0.2, 0.25) is 0 Å². The second kappa shape index (κ2) is 9.39.